The molecule has 0 aliphatic heterocycles. The molecule has 0 saturated carbocycles. The van der Waals surface area contributed by atoms with Crippen LogP contribution < -0.4 is 0 Å². The molecule has 52 valence electrons. The monoisotopic (exact) mass is 142 g/mol. The van der Waals surface area contributed by atoms with Gasteiger partial charge in [0.2, 0.25) is 0 Å². The molecular formula is C8H14S. The van der Waals surface area contributed by atoms with Crippen molar-refractivity contribution in [1.29, 1.82) is 0 Å². The zero-order valence-electron chi connectivity index (χ0n) is 6.52. The van der Waals surface area contributed by atoms with Crippen molar-refractivity contribution in [1.82, 2.24) is 0 Å². The third-order valence-electron chi connectivity index (χ3n) is 1.21. The van der Waals surface area contributed by atoms with Crippen LogP contribution in [-0.2, 0) is 0 Å². The zero-order chi connectivity index (χ0) is 7.44. The first kappa shape index (κ1) is 8.83. The Balaban J connectivity index is 4.25. The fraction of sp³-hybridized carbons (Fsp3) is 0.500. The van der Waals surface area contributed by atoms with Gasteiger partial charge < -0.3 is 0 Å². The quantitative estimate of drug-likeness (QED) is 0.422. The van der Waals surface area contributed by atoms with Crippen LogP contribution in [0.15, 0.2) is 22.1 Å². The van der Waals surface area contributed by atoms with E-state index in [0.29, 0.717) is 0 Å². The summed E-state index contributed by atoms with van der Waals surface area (Å²) >= 11 is 4.16. The van der Waals surface area contributed by atoms with E-state index in [4.69, 9.17) is 0 Å². The largest absolute Gasteiger partial charge is 0.148 e. The van der Waals surface area contributed by atoms with Crippen LogP contribution in [0, 0.1) is 0 Å². The van der Waals surface area contributed by atoms with Crippen molar-refractivity contribution in [3.05, 3.63) is 22.1 Å². The lowest BCUT2D eigenvalue weighted by Gasteiger charge is -1.95. The van der Waals surface area contributed by atoms with Gasteiger partial charge in [-0.2, -0.15) is 0 Å². The van der Waals surface area contributed by atoms with E-state index >= 15 is 0 Å². The Morgan fingerprint density at radius 3 is 1.67 bits per heavy atom. The molecule has 0 bridgehead atoms. The maximum atomic E-state index is 4.16. The Morgan fingerprint density at radius 2 is 1.56 bits per heavy atom. The highest BCUT2D eigenvalue weighted by atomic mass is 32.1. The summed E-state index contributed by atoms with van der Waals surface area (Å²) in [6, 6.07) is 0. The molecule has 0 rings (SSSR count). The van der Waals surface area contributed by atoms with Gasteiger partial charge in [-0.25, -0.2) is 0 Å². The molecule has 0 aliphatic carbocycles. The van der Waals surface area contributed by atoms with Crippen molar-refractivity contribution >= 4 is 12.6 Å². The lowest BCUT2D eigenvalue weighted by atomic mass is 10.2. The zero-order valence-corrected chi connectivity index (χ0v) is 7.42. The van der Waals surface area contributed by atoms with E-state index in [1.807, 2.05) is 6.92 Å². The van der Waals surface area contributed by atoms with Crippen LogP contribution >= 0.6 is 12.6 Å². The molecule has 1 heteroatoms. The lowest BCUT2D eigenvalue weighted by Crippen LogP contribution is -1.73. The van der Waals surface area contributed by atoms with Crippen LogP contribution in [0.3, 0.4) is 0 Å². The summed E-state index contributed by atoms with van der Waals surface area (Å²) in [6.45, 7) is 8.27. The van der Waals surface area contributed by atoms with Gasteiger partial charge in [-0.3, -0.25) is 0 Å². The summed E-state index contributed by atoms with van der Waals surface area (Å²) in [4.78, 5) is 1.06. The van der Waals surface area contributed by atoms with Gasteiger partial charge in [0.05, 0.1) is 0 Å². The van der Waals surface area contributed by atoms with E-state index in [-0.39, 0.29) is 0 Å². The van der Waals surface area contributed by atoms with E-state index in [1.54, 1.807) is 0 Å². The minimum Gasteiger partial charge on any atom is -0.148 e. The van der Waals surface area contributed by atoms with Gasteiger partial charge in [0.15, 0.2) is 0 Å². The Hall–Kier alpha value is -0.170. The first-order valence-electron chi connectivity index (χ1n) is 3.05. The van der Waals surface area contributed by atoms with E-state index in [1.165, 1.54) is 11.1 Å². The number of hydrogen-bond acceptors (Lipinski definition) is 1. The van der Waals surface area contributed by atoms with E-state index < -0.39 is 0 Å². The molecule has 0 radical (unpaired) electrons. The van der Waals surface area contributed by atoms with Crippen molar-refractivity contribution in [3.63, 3.8) is 0 Å². The second kappa shape index (κ2) is 3.78. The van der Waals surface area contributed by atoms with Crippen molar-refractivity contribution in [2.75, 3.05) is 0 Å². The molecule has 0 aromatic heterocycles. The molecule has 0 heterocycles. The van der Waals surface area contributed by atoms with E-state index in [0.717, 1.165) is 4.91 Å². The average Bonchev–Trinajstić information content (AvgIpc) is 1.63. The van der Waals surface area contributed by atoms with Crippen molar-refractivity contribution in [3.8, 4) is 0 Å². The molecule has 9 heavy (non-hydrogen) atoms. The number of thiol groups is 1. The van der Waals surface area contributed by atoms with Crippen LogP contribution in [0.1, 0.15) is 27.7 Å². The summed E-state index contributed by atoms with van der Waals surface area (Å²) in [5.41, 5.74) is 2.66. The maximum Gasteiger partial charge on any atom is -0.0213 e. The van der Waals surface area contributed by atoms with Crippen LogP contribution in [0.4, 0.5) is 0 Å². The predicted molar refractivity (Wildman–Crippen MR) is 46.8 cm³/mol. The summed E-state index contributed by atoms with van der Waals surface area (Å²) in [7, 11) is 0. The smallest absolute Gasteiger partial charge is 0.0213 e. The Labute approximate surface area is 63.1 Å². The predicted octanol–water partition coefficient (Wildman–Crippen LogP) is 3.18. The summed E-state index contributed by atoms with van der Waals surface area (Å²) in [6.07, 6.45) is 2.07. The molecule has 0 nitrogen and oxygen atoms in total. The van der Waals surface area contributed by atoms with E-state index in [2.05, 4.69) is 39.5 Å². The Bertz CT molecular complexity index is 144. The summed E-state index contributed by atoms with van der Waals surface area (Å²) < 4.78 is 0. The van der Waals surface area contributed by atoms with Crippen molar-refractivity contribution in [2.24, 2.45) is 0 Å². The van der Waals surface area contributed by atoms with Gasteiger partial charge in [-0.1, -0.05) is 17.2 Å². The first-order valence-corrected chi connectivity index (χ1v) is 3.50. The minimum absolute atomic E-state index is 1.06. The molecule has 0 aliphatic rings. The van der Waals surface area contributed by atoms with Crippen LogP contribution in [-0.4, -0.2) is 0 Å². The van der Waals surface area contributed by atoms with Crippen LogP contribution in [0.5, 0.6) is 0 Å². The lowest BCUT2D eigenvalue weighted by molar-refractivity contribution is 1.29. The molecule has 0 aromatic carbocycles. The van der Waals surface area contributed by atoms with Crippen LogP contribution in [0.25, 0.3) is 0 Å². The number of rotatable bonds is 1. The van der Waals surface area contributed by atoms with Gasteiger partial charge in [-0.15, -0.1) is 12.6 Å². The molecule has 0 atom stereocenters. The van der Waals surface area contributed by atoms with Crippen molar-refractivity contribution < 1.29 is 0 Å². The fourth-order valence-corrected chi connectivity index (χ4v) is 0.651. The summed E-state index contributed by atoms with van der Waals surface area (Å²) in [5.74, 6) is 0. The summed E-state index contributed by atoms with van der Waals surface area (Å²) in [5, 5.41) is 0. The number of hydrogen-bond donors (Lipinski definition) is 1. The first-order chi connectivity index (χ1) is 4.04. The molecule has 0 N–H and O–H groups in total. The second-order valence-corrected chi connectivity index (χ2v) is 3.17. The van der Waals surface area contributed by atoms with Gasteiger partial charge >= 0.3 is 0 Å². The highest BCUT2D eigenvalue weighted by molar-refractivity contribution is 7.84. The van der Waals surface area contributed by atoms with Crippen molar-refractivity contribution in [2.45, 2.75) is 27.7 Å². The molecule has 0 spiro atoms. The van der Waals surface area contributed by atoms with Gasteiger partial charge in [0.25, 0.3) is 0 Å². The molecule has 0 unspecified atom stereocenters. The van der Waals surface area contributed by atoms with Gasteiger partial charge in [0, 0.05) is 0 Å². The molecule has 0 saturated heterocycles. The van der Waals surface area contributed by atoms with Gasteiger partial charge in [-0.05, 0) is 32.6 Å². The highest BCUT2D eigenvalue weighted by Crippen LogP contribution is 2.08. The fourth-order valence-electron chi connectivity index (χ4n) is 0.458. The third kappa shape index (κ3) is 4.34. The molecular weight excluding hydrogens is 128 g/mol. The van der Waals surface area contributed by atoms with E-state index in [9.17, 15) is 0 Å². The Kier molecular flexibility index (Phi) is 3.71. The number of allylic oxidation sites excluding steroid dienone is 4. The maximum absolute atomic E-state index is 4.16. The Morgan fingerprint density at radius 1 is 1.11 bits per heavy atom. The normalized spacial score (nSPS) is 11.4. The molecule has 0 fully saturated rings. The third-order valence-corrected chi connectivity index (χ3v) is 1.34. The van der Waals surface area contributed by atoms with Crippen LogP contribution in [0.2, 0.25) is 0 Å². The van der Waals surface area contributed by atoms with Gasteiger partial charge in [0.1, 0.15) is 0 Å². The minimum atomic E-state index is 1.06. The standard InChI is InChI=1S/C8H14S/c1-6(2)7(3)5-8(4)9/h5,9H,1-4H3/b8-5-. The molecule has 0 aromatic rings. The average molecular weight is 142 g/mol. The SMILES string of the molecule is CC(C)=C(C)/C=C(/C)S. The topological polar surface area (TPSA) is 0 Å². The second-order valence-electron chi connectivity index (χ2n) is 2.47. The highest BCUT2D eigenvalue weighted by Gasteiger charge is 1.85. The molecule has 0 amide bonds.